The van der Waals surface area contributed by atoms with Crippen LogP contribution in [-0.2, 0) is 11.3 Å². The van der Waals surface area contributed by atoms with E-state index in [4.69, 9.17) is 11.6 Å². The van der Waals surface area contributed by atoms with Crippen LogP contribution in [0.25, 0.3) is 0 Å². The van der Waals surface area contributed by atoms with Crippen molar-refractivity contribution in [1.82, 2.24) is 10.2 Å². The third-order valence-electron chi connectivity index (χ3n) is 5.44. The molecule has 0 saturated carbocycles. The topological polar surface area (TPSA) is 67.8 Å². The van der Waals surface area contributed by atoms with Crippen LogP contribution in [0, 0.1) is 0 Å². The molecule has 1 aromatic carbocycles. The molecule has 0 spiro atoms. The van der Waals surface area contributed by atoms with Gasteiger partial charge in [0, 0.05) is 23.0 Å². The van der Waals surface area contributed by atoms with Gasteiger partial charge in [0.05, 0.1) is 32.7 Å². The number of carbonyl (C=O) groups excluding carboxylic acids is 1. The fourth-order valence-electron chi connectivity index (χ4n) is 3.22. The molecule has 0 fully saturated rings. The highest BCUT2D eigenvalue weighted by Crippen LogP contribution is 2.21. The van der Waals surface area contributed by atoms with Crippen molar-refractivity contribution in [2.75, 3.05) is 52.4 Å². The Bertz CT molecular complexity index is 633. The first-order valence-electron chi connectivity index (χ1n) is 10.2. The first kappa shape index (κ1) is 27.7. The Kier molecular flexibility index (Phi) is 13.9. The molecule has 0 atom stereocenters. The summed E-state index contributed by atoms with van der Waals surface area (Å²) in [5, 5.41) is 15.4. The molecule has 1 amide bonds. The minimum atomic E-state index is -0.690. The maximum Gasteiger partial charge on any atom is 0.254 e. The maximum absolute atomic E-state index is 12.0. The van der Waals surface area contributed by atoms with Gasteiger partial charge in [-0.25, -0.2) is 0 Å². The summed E-state index contributed by atoms with van der Waals surface area (Å²) in [5.74, 6) is -1.31. The second kappa shape index (κ2) is 14.6. The summed E-state index contributed by atoms with van der Waals surface area (Å²) >= 11 is 6.32. The van der Waals surface area contributed by atoms with E-state index in [9.17, 15) is 9.90 Å². The third kappa shape index (κ3) is 9.34. The molecule has 8 heteroatoms. The molecule has 29 heavy (non-hydrogen) atoms. The zero-order valence-corrected chi connectivity index (χ0v) is 19.7. The third-order valence-corrected chi connectivity index (χ3v) is 5.81. The minimum Gasteiger partial charge on any atom is -0.855 e. The van der Waals surface area contributed by atoms with E-state index in [0.29, 0.717) is 19.6 Å². The number of halogens is 2. The van der Waals surface area contributed by atoms with E-state index in [0.717, 1.165) is 54.3 Å². The van der Waals surface area contributed by atoms with Crippen LogP contribution >= 0.6 is 24.0 Å². The molecule has 1 aromatic rings. The fraction of sp³-hybridized carbons (Fsp3) is 0.619. The molecule has 0 aliphatic heterocycles. The van der Waals surface area contributed by atoms with E-state index in [1.807, 2.05) is 24.3 Å². The van der Waals surface area contributed by atoms with Crippen molar-refractivity contribution in [1.29, 1.82) is 0 Å². The van der Waals surface area contributed by atoms with Gasteiger partial charge in [0.25, 0.3) is 5.91 Å². The van der Waals surface area contributed by atoms with Crippen LogP contribution in [0.1, 0.15) is 33.3 Å². The number of nitrogens with zero attached hydrogens (tertiary/aromatic N) is 3. The SMILES string of the molecule is CCN(CC)CCN=C([O-])C(=O)NCC[N+](CC)(CC)Cc1ccccc1Cl.Cl. The lowest BCUT2D eigenvalue weighted by molar-refractivity contribution is -0.936. The Morgan fingerprint density at radius 3 is 2.34 bits per heavy atom. The van der Waals surface area contributed by atoms with Crippen LogP contribution in [0.4, 0.5) is 0 Å². The fourth-order valence-corrected chi connectivity index (χ4v) is 3.41. The Morgan fingerprint density at radius 1 is 1.17 bits per heavy atom. The molecule has 0 aliphatic rings. The zero-order chi connectivity index (χ0) is 21.0. The van der Waals surface area contributed by atoms with E-state index >= 15 is 0 Å². The van der Waals surface area contributed by atoms with E-state index in [1.54, 1.807) is 0 Å². The number of carbonyl (C=O) groups is 1. The van der Waals surface area contributed by atoms with Gasteiger partial charge in [-0.3, -0.25) is 9.79 Å². The molecular formula is C21H36Cl2N4O2. The predicted molar refractivity (Wildman–Crippen MR) is 122 cm³/mol. The molecular weight excluding hydrogens is 411 g/mol. The van der Waals surface area contributed by atoms with Gasteiger partial charge >= 0.3 is 0 Å². The van der Waals surface area contributed by atoms with Gasteiger partial charge in [-0.2, -0.15) is 0 Å². The van der Waals surface area contributed by atoms with Crippen molar-refractivity contribution in [3.63, 3.8) is 0 Å². The Balaban J connectivity index is 0.00000784. The van der Waals surface area contributed by atoms with Gasteiger partial charge in [0.15, 0.2) is 0 Å². The Hall–Kier alpha value is -1.34. The van der Waals surface area contributed by atoms with Crippen LogP contribution in [0.15, 0.2) is 29.3 Å². The summed E-state index contributed by atoms with van der Waals surface area (Å²) in [6.07, 6.45) is 0. The first-order valence-corrected chi connectivity index (χ1v) is 10.6. The van der Waals surface area contributed by atoms with Crippen LogP contribution in [0.5, 0.6) is 0 Å². The number of nitrogens with one attached hydrogen (secondary N) is 1. The monoisotopic (exact) mass is 446 g/mol. The normalized spacial score (nSPS) is 12.0. The van der Waals surface area contributed by atoms with Crippen LogP contribution in [0.2, 0.25) is 5.02 Å². The Morgan fingerprint density at radius 2 is 1.79 bits per heavy atom. The first-order chi connectivity index (χ1) is 13.4. The van der Waals surface area contributed by atoms with Gasteiger partial charge in [0.1, 0.15) is 6.54 Å². The van der Waals surface area contributed by atoms with Gasteiger partial charge in [-0.1, -0.05) is 43.6 Å². The van der Waals surface area contributed by atoms with Crippen molar-refractivity contribution < 1.29 is 14.4 Å². The van der Waals surface area contributed by atoms with Crippen LogP contribution in [0.3, 0.4) is 0 Å². The number of likely N-dealkylation sites (N-methyl/N-ethyl adjacent to an activating group) is 2. The lowest BCUT2D eigenvalue weighted by Crippen LogP contribution is -2.52. The number of hydrogen-bond donors (Lipinski definition) is 1. The van der Waals surface area contributed by atoms with Gasteiger partial charge < -0.3 is 19.8 Å². The summed E-state index contributed by atoms with van der Waals surface area (Å²) < 4.78 is 0.789. The Labute approximate surface area is 186 Å². The molecule has 1 rings (SSSR count). The van der Waals surface area contributed by atoms with Crippen molar-refractivity contribution in [3.8, 4) is 0 Å². The van der Waals surface area contributed by atoms with Gasteiger partial charge in [-0.05, 0) is 33.0 Å². The van der Waals surface area contributed by atoms with Crippen LogP contribution < -0.4 is 10.4 Å². The maximum atomic E-state index is 12.0. The predicted octanol–water partition coefficient (Wildman–Crippen LogP) is 2.34. The van der Waals surface area contributed by atoms with Crippen LogP contribution in [-0.4, -0.2) is 73.5 Å². The molecule has 0 aromatic heterocycles. The molecule has 0 radical (unpaired) electrons. The summed E-state index contributed by atoms with van der Waals surface area (Å²) in [5.41, 5.74) is 1.10. The zero-order valence-electron chi connectivity index (χ0n) is 18.1. The minimum absolute atomic E-state index is 0. The van der Waals surface area contributed by atoms with Crippen molar-refractivity contribution >= 4 is 35.8 Å². The average Bonchev–Trinajstić information content (AvgIpc) is 2.71. The van der Waals surface area contributed by atoms with E-state index < -0.39 is 11.8 Å². The highest BCUT2D eigenvalue weighted by molar-refractivity contribution is 6.33. The molecule has 166 valence electrons. The molecule has 6 nitrogen and oxygen atoms in total. The standard InChI is InChI=1S/C21H35ClN4O2.ClH/c1-5-25(6-2)15-13-23-20(27)21(28)24-14-16-26(7-3,8-4)17-18-11-9-10-12-19(18)22;/h9-12H,5-8,13-17H2,1-4H3,(H-,23,24,27,28);1H. The molecule has 0 saturated heterocycles. The average molecular weight is 447 g/mol. The van der Waals surface area contributed by atoms with Crippen molar-refractivity contribution in [2.24, 2.45) is 4.99 Å². The second-order valence-corrected chi connectivity index (χ2v) is 7.32. The number of hydrogen-bond acceptors (Lipinski definition) is 4. The van der Waals surface area contributed by atoms with E-state index in [2.05, 4.69) is 42.9 Å². The molecule has 1 N–H and O–H groups in total. The molecule has 0 heterocycles. The van der Waals surface area contributed by atoms with Crippen molar-refractivity contribution in [3.05, 3.63) is 34.9 Å². The lowest BCUT2D eigenvalue weighted by Gasteiger charge is -2.37. The molecule has 0 bridgehead atoms. The largest absolute Gasteiger partial charge is 0.855 e. The number of benzene rings is 1. The van der Waals surface area contributed by atoms with Crippen molar-refractivity contribution in [2.45, 2.75) is 34.2 Å². The number of quaternary nitrogens is 1. The van der Waals surface area contributed by atoms with E-state index in [1.165, 1.54) is 0 Å². The van der Waals surface area contributed by atoms with Gasteiger partial charge in [-0.15, -0.1) is 12.4 Å². The highest BCUT2D eigenvalue weighted by atomic mass is 35.5. The molecule has 0 unspecified atom stereocenters. The summed E-state index contributed by atoms with van der Waals surface area (Å²) in [6, 6.07) is 7.85. The summed E-state index contributed by atoms with van der Waals surface area (Å²) in [7, 11) is 0. The number of aliphatic imine (C=N–C) groups is 1. The summed E-state index contributed by atoms with van der Waals surface area (Å²) in [6.45, 7) is 15.0. The quantitative estimate of drug-likeness (QED) is 0.304. The number of amides is 1. The van der Waals surface area contributed by atoms with Gasteiger partial charge in [0.2, 0.25) is 0 Å². The smallest absolute Gasteiger partial charge is 0.254 e. The molecule has 0 aliphatic carbocycles. The second-order valence-electron chi connectivity index (χ2n) is 6.92. The highest BCUT2D eigenvalue weighted by Gasteiger charge is 2.24. The lowest BCUT2D eigenvalue weighted by atomic mass is 10.1. The summed E-state index contributed by atoms with van der Waals surface area (Å²) in [4.78, 5) is 18.1. The number of rotatable bonds is 12. The van der Waals surface area contributed by atoms with E-state index in [-0.39, 0.29) is 12.4 Å².